The first-order valence-electron chi connectivity index (χ1n) is 6.81. The van der Waals surface area contributed by atoms with Crippen LogP contribution in [-0.2, 0) is 0 Å². The van der Waals surface area contributed by atoms with Gasteiger partial charge in [-0.3, -0.25) is 0 Å². The maximum atomic E-state index is 2.51. The molecule has 19 heavy (non-hydrogen) atoms. The average Bonchev–Trinajstić information content (AvgIpc) is 2.66. The van der Waals surface area contributed by atoms with E-state index in [9.17, 15) is 0 Å². The van der Waals surface area contributed by atoms with Crippen molar-refractivity contribution in [2.24, 2.45) is 0 Å². The Kier molecular flexibility index (Phi) is 2.22. The predicted octanol–water partition coefficient (Wildman–Crippen LogP) is 3.64. The van der Waals surface area contributed by atoms with Crippen LogP contribution in [0.15, 0.2) is 60.7 Å². The first-order chi connectivity index (χ1) is 9.18. The van der Waals surface area contributed by atoms with Crippen LogP contribution in [0, 0.1) is 0 Å². The fourth-order valence-electron chi connectivity index (χ4n) is 3.39. The van der Waals surface area contributed by atoms with E-state index >= 15 is 0 Å². The molecule has 0 N–H and O–H groups in total. The quantitative estimate of drug-likeness (QED) is 0.556. The molecule has 0 saturated carbocycles. The van der Waals surface area contributed by atoms with E-state index in [2.05, 4.69) is 72.2 Å². The van der Waals surface area contributed by atoms with Crippen LogP contribution in [0.5, 0.6) is 0 Å². The molecular weight excluding hydrogens is 289 g/mol. The van der Waals surface area contributed by atoms with Gasteiger partial charge >= 0.3 is 116 Å². The van der Waals surface area contributed by atoms with Crippen LogP contribution < -0.4 is 8.79 Å². The Hall–Kier alpha value is -1.54. The summed E-state index contributed by atoms with van der Waals surface area (Å²) in [5, 5.41) is 2.74. The second-order valence-electron chi connectivity index (χ2n) is 5.92. The third-order valence-corrected chi connectivity index (χ3v) is 11.9. The van der Waals surface area contributed by atoms with E-state index in [1.54, 1.807) is 8.79 Å². The molecule has 3 aromatic carbocycles. The summed E-state index contributed by atoms with van der Waals surface area (Å²) in [4.78, 5) is 0. The third-order valence-electron chi connectivity index (χ3n) is 4.45. The SMILES string of the molecule is [CH3][Ge]1([CH3])[c]2ccccc2-c2cc3ccccc3c[c]21. The van der Waals surface area contributed by atoms with E-state index in [0.29, 0.717) is 0 Å². The molecule has 0 amide bonds. The Morgan fingerprint density at radius 3 is 2.05 bits per heavy atom. The summed E-state index contributed by atoms with van der Waals surface area (Å²) in [5.41, 5.74) is 2.97. The molecule has 0 nitrogen and oxygen atoms in total. The van der Waals surface area contributed by atoms with E-state index in [0.717, 1.165) is 0 Å². The fraction of sp³-hybridized carbons (Fsp3) is 0.111. The van der Waals surface area contributed by atoms with Gasteiger partial charge in [0.25, 0.3) is 0 Å². The second-order valence-corrected chi connectivity index (χ2v) is 15.0. The summed E-state index contributed by atoms with van der Waals surface area (Å²) < 4.78 is 3.27. The molecule has 0 bridgehead atoms. The molecule has 0 saturated heterocycles. The molecule has 4 rings (SSSR count). The van der Waals surface area contributed by atoms with Crippen LogP contribution in [0.25, 0.3) is 21.9 Å². The average molecular weight is 305 g/mol. The molecule has 0 spiro atoms. The maximum absolute atomic E-state index is 2.51. The van der Waals surface area contributed by atoms with Gasteiger partial charge in [-0.05, 0) is 0 Å². The van der Waals surface area contributed by atoms with Crippen LogP contribution in [-0.4, -0.2) is 13.3 Å². The Labute approximate surface area is 116 Å². The first kappa shape index (κ1) is 11.3. The van der Waals surface area contributed by atoms with Gasteiger partial charge in [0, 0.05) is 0 Å². The van der Waals surface area contributed by atoms with Gasteiger partial charge in [-0.1, -0.05) is 0 Å². The van der Waals surface area contributed by atoms with Crippen LogP contribution in [0.3, 0.4) is 0 Å². The fourth-order valence-corrected chi connectivity index (χ4v) is 9.87. The Morgan fingerprint density at radius 1 is 0.632 bits per heavy atom. The van der Waals surface area contributed by atoms with Crippen molar-refractivity contribution in [2.45, 2.75) is 11.5 Å². The zero-order valence-corrected chi connectivity index (χ0v) is 13.4. The van der Waals surface area contributed by atoms with Gasteiger partial charge in [0.15, 0.2) is 0 Å². The van der Waals surface area contributed by atoms with Gasteiger partial charge in [0.2, 0.25) is 0 Å². The van der Waals surface area contributed by atoms with Crippen molar-refractivity contribution in [3.8, 4) is 11.1 Å². The molecule has 0 aliphatic carbocycles. The Morgan fingerprint density at radius 2 is 1.26 bits per heavy atom. The molecule has 1 heteroatoms. The van der Waals surface area contributed by atoms with E-state index in [1.165, 1.54) is 21.9 Å². The molecule has 1 aliphatic rings. The van der Waals surface area contributed by atoms with Gasteiger partial charge in [0.05, 0.1) is 0 Å². The molecule has 0 fully saturated rings. The van der Waals surface area contributed by atoms with Gasteiger partial charge in [-0.15, -0.1) is 0 Å². The standard InChI is InChI=1S/C18H16Ge/c1-19(2)17-10-6-5-9-15(17)16-11-13-7-3-4-8-14(13)12-18(16)19/h3-12H,1-2H3. The van der Waals surface area contributed by atoms with Crippen molar-refractivity contribution in [3.63, 3.8) is 0 Å². The molecule has 92 valence electrons. The molecule has 0 unspecified atom stereocenters. The zero-order chi connectivity index (χ0) is 13.0. The number of rotatable bonds is 0. The van der Waals surface area contributed by atoms with Crippen molar-refractivity contribution in [3.05, 3.63) is 60.7 Å². The van der Waals surface area contributed by atoms with Crippen LogP contribution in [0.1, 0.15) is 0 Å². The topological polar surface area (TPSA) is 0 Å². The second kappa shape index (κ2) is 3.74. The Bertz CT molecular complexity index is 800. The summed E-state index contributed by atoms with van der Waals surface area (Å²) in [6.45, 7) is 0. The van der Waals surface area contributed by atoms with E-state index in [4.69, 9.17) is 0 Å². The summed E-state index contributed by atoms with van der Waals surface area (Å²) in [6, 6.07) is 22.6. The minimum absolute atomic E-state index is 1.36. The molecule has 1 heterocycles. The predicted molar refractivity (Wildman–Crippen MR) is 86.1 cm³/mol. The van der Waals surface area contributed by atoms with Crippen molar-refractivity contribution in [1.29, 1.82) is 0 Å². The number of hydrogen-bond donors (Lipinski definition) is 0. The molecule has 0 atom stereocenters. The van der Waals surface area contributed by atoms with Crippen molar-refractivity contribution in [2.75, 3.05) is 0 Å². The monoisotopic (exact) mass is 306 g/mol. The minimum atomic E-state index is -2.06. The third kappa shape index (κ3) is 1.47. The van der Waals surface area contributed by atoms with Gasteiger partial charge < -0.3 is 0 Å². The number of fused-ring (bicyclic) bond motifs is 4. The van der Waals surface area contributed by atoms with Crippen LogP contribution in [0.2, 0.25) is 11.5 Å². The Balaban J connectivity index is 2.15. The van der Waals surface area contributed by atoms with Gasteiger partial charge in [0.1, 0.15) is 0 Å². The van der Waals surface area contributed by atoms with Crippen LogP contribution >= 0.6 is 0 Å². The molecule has 0 radical (unpaired) electrons. The van der Waals surface area contributed by atoms with Crippen molar-refractivity contribution >= 4 is 32.8 Å². The summed E-state index contributed by atoms with van der Waals surface area (Å²) in [6.07, 6.45) is 0. The van der Waals surface area contributed by atoms with E-state index in [-0.39, 0.29) is 0 Å². The van der Waals surface area contributed by atoms with Gasteiger partial charge in [-0.25, -0.2) is 0 Å². The van der Waals surface area contributed by atoms with E-state index in [1.807, 2.05) is 0 Å². The summed E-state index contributed by atoms with van der Waals surface area (Å²) >= 11 is -2.06. The first-order valence-corrected chi connectivity index (χ1v) is 13.1. The molecule has 0 aromatic heterocycles. The van der Waals surface area contributed by atoms with Crippen LogP contribution in [0.4, 0.5) is 0 Å². The summed E-state index contributed by atoms with van der Waals surface area (Å²) in [7, 11) is 0. The van der Waals surface area contributed by atoms with Gasteiger partial charge in [-0.2, -0.15) is 0 Å². The van der Waals surface area contributed by atoms with Crippen molar-refractivity contribution < 1.29 is 0 Å². The normalized spacial score (nSPS) is 15.3. The molecule has 3 aromatic rings. The molecule has 1 aliphatic heterocycles. The number of hydrogen-bond acceptors (Lipinski definition) is 0. The zero-order valence-electron chi connectivity index (χ0n) is 11.3. The van der Waals surface area contributed by atoms with Crippen molar-refractivity contribution in [1.82, 2.24) is 0 Å². The number of benzene rings is 3. The molecular formula is C18H16Ge. The van der Waals surface area contributed by atoms with E-state index < -0.39 is 13.3 Å². The summed E-state index contributed by atoms with van der Waals surface area (Å²) in [5.74, 6) is 5.03.